The highest BCUT2D eigenvalue weighted by atomic mass is 16.5. The number of aliphatic hydroxyl groups is 1. The highest BCUT2D eigenvalue weighted by Gasteiger charge is 2.65. The minimum atomic E-state index is -0.530. The molecule has 142 valence electrons. The number of esters is 1. The van der Waals surface area contributed by atoms with Gasteiger partial charge in [0, 0.05) is 30.1 Å². The van der Waals surface area contributed by atoms with Crippen LogP contribution in [0.25, 0.3) is 0 Å². The molecule has 2 fully saturated rings. The van der Waals surface area contributed by atoms with E-state index in [0.29, 0.717) is 5.57 Å². The van der Waals surface area contributed by atoms with Crippen LogP contribution in [0.5, 0.6) is 0 Å². The zero-order chi connectivity index (χ0) is 18.9. The van der Waals surface area contributed by atoms with E-state index < -0.39 is 6.10 Å². The predicted molar refractivity (Wildman–Crippen MR) is 99.0 cm³/mol. The van der Waals surface area contributed by atoms with Crippen molar-refractivity contribution < 1.29 is 19.4 Å². The standard InChI is InChI=1S/C21H24N2O4/c1-12(25)14-10-22-8-7-21-15-5-3-4-6-16(15)23(11-24)19(21)18(20(26)27-2)13(14)9-17(21)22/h3-6,11-14,17,25H,7-10H2,1-2H3/t12-,13-,14-,17-,21+/m0/s1. The van der Waals surface area contributed by atoms with Crippen molar-refractivity contribution >= 4 is 18.1 Å². The number of carbonyl (C=O) groups is 2. The summed E-state index contributed by atoms with van der Waals surface area (Å²) in [5, 5.41) is 10.4. The summed E-state index contributed by atoms with van der Waals surface area (Å²) in [5.41, 5.74) is 3.03. The lowest BCUT2D eigenvalue weighted by Gasteiger charge is -2.51. The Hall–Kier alpha value is -2.18. The van der Waals surface area contributed by atoms with E-state index in [9.17, 15) is 14.7 Å². The normalized spacial score (nSPS) is 34.9. The lowest BCUT2D eigenvalue weighted by Crippen LogP contribution is -2.58. The fourth-order valence-electron chi connectivity index (χ4n) is 6.28. The molecule has 2 bridgehead atoms. The first-order chi connectivity index (χ1) is 13.0. The number of ether oxygens (including phenoxy) is 1. The smallest absolute Gasteiger partial charge is 0.335 e. The van der Waals surface area contributed by atoms with E-state index in [1.807, 2.05) is 18.2 Å². The molecule has 27 heavy (non-hydrogen) atoms. The van der Waals surface area contributed by atoms with Crippen molar-refractivity contribution in [3.8, 4) is 0 Å². The Morgan fingerprint density at radius 2 is 2.19 bits per heavy atom. The second kappa shape index (κ2) is 5.66. The monoisotopic (exact) mass is 368 g/mol. The van der Waals surface area contributed by atoms with E-state index in [-0.39, 0.29) is 29.3 Å². The highest BCUT2D eigenvalue weighted by Crippen LogP contribution is 2.63. The molecule has 2 saturated heterocycles. The van der Waals surface area contributed by atoms with Crippen molar-refractivity contribution in [2.24, 2.45) is 11.8 Å². The quantitative estimate of drug-likeness (QED) is 0.646. The van der Waals surface area contributed by atoms with E-state index in [2.05, 4.69) is 11.0 Å². The van der Waals surface area contributed by atoms with Crippen molar-refractivity contribution in [2.45, 2.75) is 37.3 Å². The number of piperidine rings is 1. The number of methoxy groups -OCH3 is 1. The van der Waals surface area contributed by atoms with Gasteiger partial charge in [0.25, 0.3) is 0 Å². The molecule has 6 heteroatoms. The number of para-hydroxylation sites is 1. The fraction of sp³-hybridized carbons (Fsp3) is 0.524. The number of benzene rings is 1. The van der Waals surface area contributed by atoms with E-state index in [4.69, 9.17) is 4.74 Å². The van der Waals surface area contributed by atoms with Crippen LogP contribution in [-0.4, -0.2) is 54.7 Å². The average molecular weight is 368 g/mol. The summed E-state index contributed by atoms with van der Waals surface area (Å²) in [6, 6.07) is 8.23. The second-order valence-electron chi connectivity index (χ2n) is 8.23. The molecule has 1 aliphatic carbocycles. The molecule has 0 unspecified atom stereocenters. The van der Waals surface area contributed by atoms with Crippen LogP contribution in [0.1, 0.15) is 25.3 Å². The van der Waals surface area contributed by atoms with Crippen molar-refractivity contribution in [1.82, 2.24) is 4.90 Å². The lowest BCUT2D eigenvalue weighted by atomic mass is 9.60. The number of rotatable bonds is 3. The number of hydrogen-bond donors (Lipinski definition) is 1. The number of aliphatic hydroxyl groups excluding tert-OH is 1. The number of anilines is 1. The van der Waals surface area contributed by atoms with Crippen molar-refractivity contribution in [2.75, 3.05) is 25.1 Å². The summed E-state index contributed by atoms with van der Waals surface area (Å²) in [5.74, 6) is -0.522. The Bertz CT molecular complexity index is 863. The maximum atomic E-state index is 12.9. The molecule has 0 aromatic heterocycles. The molecule has 5 rings (SSSR count). The van der Waals surface area contributed by atoms with Gasteiger partial charge in [-0.25, -0.2) is 4.79 Å². The van der Waals surface area contributed by atoms with Gasteiger partial charge in [0.15, 0.2) is 0 Å². The molecular formula is C21H24N2O4. The van der Waals surface area contributed by atoms with Crippen molar-refractivity contribution in [3.05, 3.63) is 41.1 Å². The second-order valence-corrected chi connectivity index (χ2v) is 8.23. The largest absolute Gasteiger partial charge is 0.466 e. The van der Waals surface area contributed by atoms with Gasteiger partial charge >= 0.3 is 5.97 Å². The zero-order valence-corrected chi connectivity index (χ0v) is 15.6. The molecule has 1 aromatic carbocycles. The summed E-state index contributed by atoms with van der Waals surface area (Å²) in [6.45, 7) is 3.47. The fourth-order valence-corrected chi connectivity index (χ4v) is 6.28. The Morgan fingerprint density at radius 1 is 1.41 bits per heavy atom. The molecule has 3 heterocycles. The van der Waals surface area contributed by atoms with Gasteiger partial charge in [0.2, 0.25) is 6.41 Å². The molecule has 1 amide bonds. The minimum Gasteiger partial charge on any atom is -0.466 e. The summed E-state index contributed by atoms with van der Waals surface area (Å²) in [4.78, 5) is 29.2. The Kier molecular flexibility index (Phi) is 3.55. The molecule has 1 N–H and O–H groups in total. The van der Waals surface area contributed by atoms with Gasteiger partial charge in [-0.2, -0.15) is 0 Å². The third-order valence-electron chi connectivity index (χ3n) is 7.31. The molecule has 5 atom stereocenters. The van der Waals surface area contributed by atoms with Gasteiger partial charge in [-0.3, -0.25) is 14.6 Å². The van der Waals surface area contributed by atoms with E-state index in [1.165, 1.54) is 7.11 Å². The topological polar surface area (TPSA) is 70.1 Å². The molecule has 1 aromatic rings. The molecule has 3 aliphatic heterocycles. The summed E-state index contributed by atoms with van der Waals surface area (Å²) in [7, 11) is 1.39. The number of amides is 1. The van der Waals surface area contributed by atoms with E-state index in [0.717, 1.165) is 49.3 Å². The van der Waals surface area contributed by atoms with Crippen molar-refractivity contribution in [1.29, 1.82) is 0 Å². The van der Waals surface area contributed by atoms with Crippen LogP contribution in [0.2, 0.25) is 0 Å². The first kappa shape index (κ1) is 17.0. The molecular weight excluding hydrogens is 344 g/mol. The highest BCUT2D eigenvalue weighted by molar-refractivity contribution is 5.98. The molecule has 0 saturated carbocycles. The van der Waals surface area contributed by atoms with Crippen molar-refractivity contribution in [3.63, 3.8) is 0 Å². The third-order valence-corrected chi connectivity index (χ3v) is 7.31. The molecule has 4 aliphatic rings. The van der Waals surface area contributed by atoms with Crippen LogP contribution in [0.15, 0.2) is 35.5 Å². The first-order valence-electron chi connectivity index (χ1n) is 9.63. The maximum Gasteiger partial charge on any atom is 0.335 e. The number of fused-ring (bicyclic) bond motifs is 2. The maximum absolute atomic E-state index is 12.9. The van der Waals surface area contributed by atoms with Crippen LogP contribution >= 0.6 is 0 Å². The number of nitrogens with zero attached hydrogens (tertiary/aromatic N) is 2. The molecule has 6 nitrogen and oxygen atoms in total. The van der Waals surface area contributed by atoms with Crippen LogP contribution < -0.4 is 4.90 Å². The van der Waals surface area contributed by atoms with Gasteiger partial charge in [0.1, 0.15) is 0 Å². The summed E-state index contributed by atoms with van der Waals surface area (Å²) >= 11 is 0. The Balaban J connectivity index is 1.84. The Morgan fingerprint density at radius 3 is 2.89 bits per heavy atom. The lowest BCUT2D eigenvalue weighted by molar-refractivity contribution is -0.138. The SMILES string of the molecule is COC(=O)C1=C2N(C=O)c3ccccc3[C@@]23CCN2C[C@@H]([C@H](C)O)[C@@H]1C[C@H]23. The van der Waals surface area contributed by atoms with Crippen LogP contribution in [-0.2, 0) is 19.7 Å². The predicted octanol–water partition coefficient (Wildman–Crippen LogP) is 1.43. The zero-order valence-electron chi connectivity index (χ0n) is 15.6. The van der Waals surface area contributed by atoms with Crippen LogP contribution in [0.4, 0.5) is 5.69 Å². The van der Waals surface area contributed by atoms with Crippen LogP contribution in [0.3, 0.4) is 0 Å². The first-order valence-corrected chi connectivity index (χ1v) is 9.63. The van der Waals surface area contributed by atoms with Gasteiger partial charge in [0.05, 0.1) is 29.9 Å². The summed E-state index contributed by atoms with van der Waals surface area (Å²) in [6.07, 6.45) is 1.98. The minimum absolute atomic E-state index is 0.0452. The van der Waals surface area contributed by atoms with Gasteiger partial charge in [-0.1, -0.05) is 18.2 Å². The van der Waals surface area contributed by atoms with E-state index in [1.54, 1.807) is 11.8 Å². The Labute approximate surface area is 158 Å². The van der Waals surface area contributed by atoms with Gasteiger partial charge in [-0.15, -0.1) is 0 Å². The van der Waals surface area contributed by atoms with Crippen LogP contribution in [0, 0.1) is 11.8 Å². The summed E-state index contributed by atoms with van der Waals surface area (Å²) < 4.78 is 5.18. The average Bonchev–Trinajstić information content (AvgIpc) is 3.21. The van der Waals surface area contributed by atoms with E-state index >= 15 is 0 Å². The van der Waals surface area contributed by atoms with Gasteiger partial charge in [-0.05, 0) is 37.9 Å². The third kappa shape index (κ3) is 1.92. The number of carbonyl (C=O) groups excluding carboxylic acids is 2. The number of hydrogen-bond acceptors (Lipinski definition) is 5. The molecule has 1 spiro atoms. The van der Waals surface area contributed by atoms with Gasteiger partial charge < -0.3 is 9.84 Å². The molecule has 0 radical (unpaired) electrons.